The van der Waals surface area contributed by atoms with Crippen molar-refractivity contribution in [3.63, 3.8) is 0 Å². The lowest BCUT2D eigenvalue weighted by molar-refractivity contribution is 0.801. The minimum atomic E-state index is 0.620. The molecular formula is C14H12ClN3S. The molecule has 0 saturated carbocycles. The molecule has 3 nitrogen and oxygen atoms in total. The van der Waals surface area contributed by atoms with Crippen molar-refractivity contribution >= 4 is 35.0 Å². The van der Waals surface area contributed by atoms with Gasteiger partial charge in [0.1, 0.15) is 0 Å². The molecule has 3 rings (SSSR count). The normalized spacial score (nSPS) is 11.1. The number of H-pyrrole nitrogens is 1. The van der Waals surface area contributed by atoms with Crippen LogP contribution in [0.2, 0.25) is 5.02 Å². The molecule has 0 fully saturated rings. The van der Waals surface area contributed by atoms with Gasteiger partial charge in [0, 0.05) is 11.2 Å². The number of fused-ring (bicyclic) bond motifs is 1. The van der Waals surface area contributed by atoms with Gasteiger partial charge in [0.25, 0.3) is 0 Å². The molecule has 0 saturated heterocycles. The summed E-state index contributed by atoms with van der Waals surface area (Å²) in [5.74, 6) is 0. The number of pyridine rings is 1. The molecule has 0 radical (unpaired) electrons. The maximum atomic E-state index is 6.19. The highest BCUT2D eigenvalue weighted by molar-refractivity contribution is 7.71. The number of halogens is 1. The molecule has 0 aliphatic carbocycles. The molecular weight excluding hydrogens is 278 g/mol. The predicted molar refractivity (Wildman–Crippen MR) is 80.2 cm³/mol. The summed E-state index contributed by atoms with van der Waals surface area (Å²) in [6.07, 6.45) is 1.84. The molecule has 19 heavy (non-hydrogen) atoms. The number of hydrogen-bond donors (Lipinski definition) is 1. The Labute approximate surface area is 120 Å². The number of hydrogen-bond acceptors (Lipinski definition) is 2. The molecule has 0 amide bonds. The van der Waals surface area contributed by atoms with Gasteiger partial charge >= 0.3 is 0 Å². The third-order valence-corrected chi connectivity index (χ3v) is 3.72. The summed E-state index contributed by atoms with van der Waals surface area (Å²) in [5.41, 5.74) is 3.95. The van der Waals surface area contributed by atoms with Crippen LogP contribution >= 0.6 is 23.8 Å². The Bertz CT molecular complexity index is 804. The number of imidazole rings is 1. The number of aromatic amines is 1. The van der Waals surface area contributed by atoms with Gasteiger partial charge in [0.15, 0.2) is 10.4 Å². The van der Waals surface area contributed by atoms with Crippen LogP contribution in [0.5, 0.6) is 0 Å². The summed E-state index contributed by atoms with van der Waals surface area (Å²) in [7, 11) is 0. The molecule has 0 aliphatic heterocycles. The van der Waals surface area contributed by atoms with Crippen molar-refractivity contribution in [2.75, 3.05) is 0 Å². The van der Waals surface area contributed by atoms with E-state index in [2.05, 4.69) is 9.97 Å². The van der Waals surface area contributed by atoms with Crippen LogP contribution in [0, 0.1) is 11.7 Å². The number of aryl methyl sites for hydroxylation is 1. The first-order valence-corrected chi connectivity index (χ1v) is 6.72. The number of nitrogens with one attached hydrogen (secondary N) is 1. The Morgan fingerprint density at radius 2 is 2.16 bits per heavy atom. The van der Waals surface area contributed by atoms with Gasteiger partial charge in [-0.25, -0.2) is 4.98 Å². The Morgan fingerprint density at radius 1 is 1.37 bits per heavy atom. The van der Waals surface area contributed by atoms with Gasteiger partial charge in [-0.2, -0.15) is 0 Å². The van der Waals surface area contributed by atoms with E-state index in [-0.39, 0.29) is 0 Å². The zero-order valence-electron chi connectivity index (χ0n) is 10.4. The monoisotopic (exact) mass is 289 g/mol. The topological polar surface area (TPSA) is 33.6 Å². The minimum absolute atomic E-state index is 0.620. The molecule has 0 aliphatic rings. The van der Waals surface area contributed by atoms with E-state index >= 15 is 0 Å². The minimum Gasteiger partial charge on any atom is -0.329 e. The lowest BCUT2D eigenvalue weighted by atomic mass is 10.2. The average Bonchev–Trinajstić information content (AvgIpc) is 2.68. The highest BCUT2D eigenvalue weighted by Crippen LogP contribution is 2.19. The van der Waals surface area contributed by atoms with Crippen LogP contribution in [0.1, 0.15) is 11.1 Å². The van der Waals surface area contributed by atoms with Gasteiger partial charge < -0.3 is 4.98 Å². The molecule has 1 N–H and O–H groups in total. The van der Waals surface area contributed by atoms with Gasteiger partial charge in [0.2, 0.25) is 0 Å². The van der Waals surface area contributed by atoms with Crippen LogP contribution < -0.4 is 0 Å². The van der Waals surface area contributed by atoms with Crippen LogP contribution in [0.3, 0.4) is 0 Å². The zero-order valence-corrected chi connectivity index (χ0v) is 11.9. The van der Waals surface area contributed by atoms with Crippen molar-refractivity contribution < 1.29 is 0 Å². The maximum Gasteiger partial charge on any atom is 0.179 e. The third kappa shape index (κ3) is 2.29. The van der Waals surface area contributed by atoms with Crippen LogP contribution in [-0.2, 0) is 6.54 Å². The summed E-state index contributed by atoms with van der Waals surface area (Å²) in [4.78, 5) is 7.63. The molecule has 0 spiro atoms. The highest BCUT2D eigenvalue weighted by Gasteiger charge is 2.08. The van der Waals surface area contributed by atoms with Crippen LogP contribution in [0.4, 0.5) is 0 Å². The molecule has 96 valence electrons. The Balaban J connectivity index is 2.13. The Kier molecular flexibility index (Phi) is 3.12. The molecule has 0 atom stereocenters. The predicted octanol–water partition coefficient (Wildman–Crippen LogP) is 4.10. The molecule has 1 aromatic carbocycles. The summed E-state index contributed by atoms with van der Waals surface area (Å²) in [6.45, 7) is 2.63. The molecule has 0 unspecified atom stereocenters. The average molecular weight is 290 g/mol. The van der Waals surface area contributed by atoms with Gasteiger partial charge in [-0.1, -0.05) is 29.8 Å². The smallest absolute Gasteiger partial charge is 0.179 e. The number of benzene rings is 1. The molecule has 2 aromatic heterocycles. The van der Waals surface area contributed by atoms with Crippen molar-refractivity contribution in [3.8, 4) is 0 Å². The second kappa shape index (κ2) is 4.79. The molecule has 5 heteroatoms. The van der Waals surface area contributed by atoms with E-state index < -0.39 is 0 Å². The van der Waals surface area contributed by atoms with Gasteiger partial charge in [-0.15, -0.1) is 0 Å². The largest absolute Gasteiger partial charge is 0.329 e. The van der Waals surface area contributed by atoms with E-state index in [9.17, 15) is 0 Å². The Hall–Kier alpha value is -1.65. The fourth-order valence-corrected chi connectivity index (χ4v) is 2.55. The maximum absolute atomic E-state index is 6.19. The third-order valence-electron chi connectivity index (χ3n) is 3.03. The molecule has 2 heterocycles. The van der Waals surface area contributed by atoms with Crippen LogP contribution in [-0.4, -0.2) is 14.5 Å². The lowest BCUT2D eigenvalue weighted by Crippen LogP contribution is -2.01. The molecule has 3 aromatic rings. The molecule has 0 bridgehead atoms. The Morgan fingerprint density at radius 3 is 2.95 bits per heavy atom. The standard InChI is InChI=1S/C14H12ClN3S/c1-9-6-12-13(16-7-9)18(14(19)17-12)8-10-4-2-3-5-11(10)15/h2-7H,8H2,1H3,(H,17,19). The first-order valence-electron chi connectivity index (χ1n) is 5.94. The summed E-state index contributed by atoms with van der Waals surface area (Å²) in [6, 6.07) is 9.81. The van der Waals surface area contributed by atoms with E-state index in [0.717, 1.165) is 27.3 Å². The lowest BCUT2D eigenvalue weighted by Gasteiger charge is -2.06. The number of nitrogens with zero attached hydrogens (tertiary/aromatic N) is 2. The van der Waals surface area contributed by atoms with Crippen LogP contribution in [0.15, 0.2) is 36.5 Å². The van der Waals surface area contributed by atoms with Crippen molar-refractivity contribution in [1.82, 2.24) is 14.5 Å². The van der Waals surface area contributed by atoms with Gasteiger partial charge in [-0.05, 0) is 42.4 Å². The van der Waals surface area contributed by atoms with E-state index in [1.54, 1.807) is 0 Å². The fourth-order valence-electron chi connectivity index (χ4n) is 2.09. The summed E-state index contributed by atoms with van der Waals surface area (Å²) < 4.78 is 2.62. The zero-order chi connectivity index (χ0) is 13.4. The number of aromatic nitrogens is 3. The van der Waals surface area contributed by atoms with Gasteiger partial charge in [0.05, 0.1) is 12.1 Å². The van der Waals surface area contributed by atoms with Gasteiger partial charge in [-0.3, -0.25) is 4.57 Å². The van der Waals surface area contributed by atoms with Crippen LogP contribution in [0.25, 0.3) is 11.2 Å². The quantitative estimate of drug-likeness (QED) is 0.721. The fraction of sp³-hybridized carbons (Fsp3) is 0.143. The first kappa shape index (κ1) is 12.4. The van der Waals surface area contributed by atoms with E-state index in [4.69, 9.17) is 23.8 Å². The van der Waals surface area contributed by atoms with E-state index in [0.29, 0.717) is 11.3 Å². The highest BCUT2D eigenvalue weighted by atomic mass is 35.5. The summed E-state index contributed by atoms with van der Waals surface area (Å²) >= 11 is 11.6. The summed E-state index contributed by atoms with van der Waals surface area (Å²) in [5, 5.41) is 0.742. The van der Waals surface area contributed by atoms with Crippen molar-refractivity contribution in [2.24, 2.45) is 0 Å². The second-order valence-corrected chi connectivity index (χ2v) is 5.29. The SMILES string of the molecule is Cc1cnc2c(c1)[nH]c(=S)n2Cc1ccccc1Cl. The van der Waals surface area contributed by atoms with E-state index in [1.165, 1.54) is 0 Å². The van der Waals surface area contributed by atoms with E-state index in [1.807, 2.05) is 48.0 Å². The number of rotatable bonds is 2. The van der Waals surface area contributed by atoms with Crippen molar-refractivity contribution in [3.05, 3.63) is 57.4 Å². The second-order valence-electron chi connectivity index (χ2n) is 4.49. The van der Waals surface area contributed by atoms with Crippen molar-refractivity contribution in [1.29, 1.82) is 0 Å². The van der Waals surface area contributed by atoms with Crippen molar-refractivity contribution in [2.45, 2.75) is 13.5 Å². The first-order chi connectivity index (χ1) is 9.15.